The third-order valence-corrected chi connectivity index (χ3v) is 1.94. The van der Waals surface area contributed by atoms with Crippen LogP contribution in [-0.2, 0) is 6.42 Å². The average Bonchev–Trinajstić information content (AvgIpc) is 2.13. The lowest BCUT2D eigenvalue weighted by molar-refractivity contribution is 0.381. The van der Waals surface area contributed by atoms with E-state index in [4.69, 9.17) is 0 Å². The van der Waals surface area contributed by atoms with Crippen LogP contribution in [0.1, 0.15) is 26.5 Å². The average molecular weight is 192 g/mol. The van der Waals surface area contributed by atoms with Crippen LogP contribution < -0.4 is 5.32 Å². The molecule has 1 rings (SSSR count). The predicted molar refractivity (Wildman–Crippen MR) is 60.3 cm³/mol. The predicted octanol–water partition coefficient (Wildman–Crippen LogP) is 2.26. The van der Waals surface area contributed by atoms with Crippen molar-refractivity contribution < 1.29 is 0 Å². The van der Waals surface area contributed by atoms with Gasteiger partial charge in [0.05, 0.1) is 0 Å². The SMILES string of the molecule is CC(C)(C)CNCCc1ccccn1. The zero-order valence-corrected chi connectivity index (χ0v) is 9.38. The fourth-order valence-corrected chi connectivity index (χ4v) is 1.23. The molecule has 0 spiro atoms. The number of aromatic nitrogens is 1. The number of nitrogens with zero attached hydrogens (tertiary/aromatic N) is 1. The molecule has 0 unspecified atom stereocenters. The number of hydrogen-bond donors (Lipinski definition) is 1. The van der Waals surface area contributed by atoms with Crippen LogP contribution in [0.4, 0.5) is 0 Å². The van der Waals surface area contributed by atoms with Gasteiger partial charge in [0.2, 0.25) is 0 Å². The van der Waals surface area contributed by atoms with Gasteiger partial charge in [0, 0.05) is 31.4 Å². The van der Waals surface area contributed by atoms with Gasteiger partial charge < -0.3 is 5.32 Å². The summed E-state index contributed by atoms with van der Waals surface area (Å²) in [5, 5.41) is 3.43. The lowest BCUT2D eigenvalue weighted by Gasteiger charge is -2.18. The molecule has 0 fully saturated rings. The third-order valence-electron chi connectivity index (χ3n) is 1.94. The van der Waals surface area contributed by atoms with Crippen molar-refractivity contribution in [1.82, 2.24) is 10.3 Å². The Morgan fingerprint density at radius 3 is 2.64 bits per heavy atom. The van der Waals surface area contributed by atoms with Crippen LogP contribution in [0.5, 0.6) is 0 Å². The van der Waals surface area contributed by atoms with E-state index in [0.29, 0.717) is 5.41 Å². The van der Waals surface area contributed by atoms with Crippen LogP contribution in [0.3, 0.4) is 0 Å². The molecule has 14 heavy (non-hydrogen) atoms. The molecule has 0 aliphatic rings. The van der Waals surface area contributed by atoms with Crippen LogP contribution >= 0.6 is 0 Å². The topological polar surface area (TPSA) is 24.9 Å². The van der Waals surface area contributed by atoms with Gasteiger partial charge >= 0.3 is 0 Å². The second kappa shape index (κ2) is 5.11. The van der Waals surface area contributed by atoms with Gasteiger partial charge in [-0.1, -0.05) is 26.8 Å². The third kappa shape index (κ3) is 4.97. The molecule has 1 aromatic heterocycles. The van der Waals surface area contributed by atoms with Gasteiger partial charge in [-0.25, -0.2) is 0 Å². The second-order valence-electron chi connectivity index (χ2n) is 4.81. The molecule has 78 valence electrons. The minimum Gasteiger partial charge on any atom is -0.316 e. The highest BCUT2D eigenvalue weighted by atomic mass is 14.9. The minimum absolute atomic E-state index is 0.365. The largest absolute Gasteiger partial charge is 0.316 e. The Morgan fingerprint density at radius 2 is 2.07 bits per heavy atom. The first kappa shape index (κ1) is 11.2. The van der Waals surface area contributed by atoms with Gasteiger partial charge in [0.15, 0.2) is 0 Å². The van der Waals surface area contributed by atoms with Gasteiger partial charge in [-0.05, 0) is 17.5 Å². The summed E-state index contributed by atoms with van der Waals surface area (Å²) in [6.45, 7) is 8.77. The molecule has 1 N–H and O–H groups in total. The summed E-state index contributed by atoms with van der Waals surface area (Å²) in [4.78, 5) is 4.27. The highest BCUT2D eigenvalue weighted by molar-refractivity contribution is 5.03. The second-order valence-corrected chi connectivity index (χ2v) is 4.81. The molecule has 1 aromatic rings. The molecular weight excluding hydrogens is 172 g/mol. The molecule has 0 saturated carbocycles. The Labute approximate surface area is 86.8 Å². The van der Waals surface area contributed by atoms with Crippen LogP contribution in [0, 0.1) is 5.41 Å². The van der Waals surface area contributed by atoms with E-state index in [1.807, 2.05) is 18.3 Å². The van der Waals surface area contributed by atoms with E-state index in [0.717, 1.165) is 25.2 Å². The summed E-state index contributed by atoms with van der Waals surface area (Å²) in [5.41, 5.74) is 1.53. The lowest BCUT2D eigenvalue weighted by atomic mass is 9.97. The molecule has 1 heterocycles. The van der Waals surface area contributed by atoms with Crippen LogP contribution in [-0.4, -0.2) is 18.1 Å². The molecular formula is C12H20N2. The van der Waals surface area contributed by atoms with Gasteiger partial charge in [0.25, 0.3) is 0 Å². The highest BCUT2D eigenvalue weighted by Crippen LogP contribution is 2.09. The van der Waals surface area contributed by atoms with Gasteiger partial charge in [-0.15, -0.1) is 0 Å². The molecule has 0 radical (unpaired) electrons. The zero-order chi connectivity index (χ0) is 10.4. The minimum atomic E-state index is 0.365. The van der Waals surface area contributed by atoms with E-state index in [2.05, 4.69) is 37.1 Å². The van der Waals surface area contributed by atoms with E-state index >= 15 is 0 Å². The Morgan fingerprint density at radius 1 is 1.29 bits per heavy atom. The van der Waals surface area contributed by atoms with Crippen molar-refractivity contribution in [3.8, 4) is 0 Å². The summed E-state index contributed by atoms with van der Waals surface area (Å²) in [5.74, 6) is 0. The van der Waals surface area contributed by atoms with Crippen molar-refractivity contribution in [3.63, 3.8) is 0 Å². The highest BCUT2D eigenvalue weighted by Gasteiger charge is 2.08. The van der Waals surface area contributed by atoms with Gasteiger partial charge in [-0.2, -0.15) is 0 Å². The van der Waals surface area contributed by atoms with Crippen LogP contribution in [0.2, 0.25) is 0 Å². The molecule has 0 atom stereocenters. The van der Waals surface area contributed by atoms with Crippen molar-refractivity contribution >= 4 is 0 Å². The molecule has 0 aromatic carbocycles. The quantitative estimate of drug-likeness (QED) is 0.740. The van der Waals surface area contributed by atoms with Crippen molar-refractivity contribution in [2.75, 3.05) is 13.1 Å². The maximum Gasteiger partial charge on any atom is 0.0416 e. The Bertz CT molecular complexity index is 249. The molecule has 0 amide bonds. The summed E-state index contributed by atoms with van der Waals surface area (Å²) in [7, 11) is 0. The van der Waals surface area contributed by atoms with Crippen LogP contribution in [0.15, 0.2) is 24.4 Å². The summed E-state index contributed by atoms with van der Waals surface area (Å²) in [6.07, 6.45) is 2.86. The summed E-state index contributed by atoms with van der Waals surface area (Å²) in [6, 6.07) is 6.05. The number of hydrogen-bond acceptors (Lipinski definition) is 2. The van der Waals surface area contributed by atoms with Crippen molar-refractivity contribution in [3.05, 3.63) is 30.1 Å². The standard InChI is InChI=1S/C12H20N2/c1-12(2,3)10-13-9-7-11-6-4-5-8-14-11/h4-6,8,13H,7,9-10H2,1-3H3. The summed E-state index contributed by atoms with van der Waals surface area (Å²) >= 11 is 0. The normalized spacial score (nSPS) is 11.6. The van der Waals surface area contributed by atoms with Crippen molar-refractivity contribution in [2.24, 2.45) is 5.41 Å². The first-order chi connectivity index (χ1) is 6.58. The Balaban J connectivity index is 2.17. The molecule has 2 nitrogen and oxygen atoms in total. The number of nitrogens with one attached hydrogen (secondary N) is 1. The Hall–Kier alpha value is -0.890. The lowest BCUT2D eigenvalue weighted by Crippen LogP contribution is -2.28. The van der Waals surface area contributed by atoms with E-state index in [1.165, 1.54) is 0 Å². The van der Waals surface area contributed by atoms with Gasteiger partial charge in [0.1, 0.15) is 0 Å². The smallest absolute Gasteiger partial charge is 0.0416 e. The molecule has 0 saturated heterocycles. The number of rotatable bonds is 4. The van der Waals surface area contributed by atoms with Crippen molar-refractivity contribution in [2.45, 2.75) is 27.2 Å². The fourth-order valence-electron chi connectivity index (χ4n) is 1.23. The van der Waals surface area contributed by atoms with E-state index in [-0.39, 0.29) is 0 Å². The molecule has 0 aliphatic carbocycles. The van der Waals surface area contributed by atoms with E-state index in [1.54, 1.807) is 0 Å². The Kier molecular flexibility index (Phi) is 4.08. The molecule has 0 aliphatic heterocycles. The summed E-state index contributed by atoms with van der Waals surface area (Å²) < 4.78 is 0. The first-order valence-corrected chi connectivity index (χ1v) is 5.18. The van der Waals surface area contributed by atoms with Crippen molar-refractivity contribution in [1.29, 1.82) is 0 Å². The zero-order valence-electron chi connectivity index (χ0n) is 9.38. The molecule has 0 bridgehead atoms. The van der Waals surface area contributed by atoms with Crippen LogP contribution in [0.25, 0.3) is 0 Å². The monoisotopic (exact) mass is 192 g/mol. The maximum atomic E-state index is 4.27. The van der Waals surface area contributed by atoms with E-state index in [9.17, 15) is 0 Å². The first-order valence-electron chi connectivity index (χ1n) is 5.18. The van der Waals surface area contributed by atoms with Gasteiger partial charge in [-0.3, -0.25) is 4.98 Å². The fraction of sp³-hybridized carbons (Fsp3) is 0.583. The maximum absolute atomic E-state index is 4.27. The molecule has 2 heteroatoms. The van der Waals surface area contributed by atoms with E-state index < -0.39 is 0 Å². The number of pyridine rings is 1.